The number of carbonyl (C=O) groups is 1. The van der Waals surface area contributed by atoms with E-state index in [1.807, 2.05) is 0 Å². The molecule has 0 aromatic rings. The number of hydrogen-bond donors (Lipinski definition) is 1. The molecule has 0 saturated carbocycles. The molecule has 0 aliphatic rings. The van der Waals surface area contributed by atoms with Crippen molar-refractivity contribution in [2.45, 2.75) is 44.4 Å². The quantitative estimate of drug-likeness (QED) is 0.567. The minimum atomic E-state index is -1.43. The summed E-state index contributed by atoms with van der Waals surface area (Å²) < 4.78 is 16.2. The van der Waals surface area contributed by atoms with E-state index in [0.29, 0.717) is 6.04 Å². The zero-order valence-corrected chi connectivity index (χ0v) is 14.3. The third-order valence-corrected chi connectivity index (χ3v) is 3.56. The van der Waals surface area contributed by atoms with Gasteiger partial charge < -0.3 is 19.3 Å². The van der Waals surface area contributed by atoms with Gasteiger partial charge in [-0.1, -0.05) is 0 Å². The zero-order valence-electron chi connectivity index (χ0n) is 12.3. The summed E-state index contributed by atoms with van der Waals surface area (Å²) in [6.45, 7) is 5.36. The molecule has 0 aliphatic heterocycles. The Hall–Kier alpha value is -0.633. The van der Waals surface area contributed by atoms with Crippen LogP contribution in [0.4, 0.5) is 4.79 Å². The van der Waals surface area contributed by atoms with Crippen molar-refractivity contribution in [3.63, 3.8) is 0 Å². The van der Waals surface area contributed by atoms with Crippen molar-refractivity contribution in [3.05, 3.63) is 0 Å². The maximum Gasteiger partial charge on any atom is 0.412 e. The molecule has 0 rings (SSSR count). The molecule has 0 fully saturated rings. The minimum absolute atomic E-state index is 0.463. The van der Waals surface area contributed by atoms with Crippen LogP contribution in [0.2, 0.25) is 6.04 Å². The van der Waals surface area contributed by atoms with E-state index in [0.717, 1.165) is 15.1 Å². The van der Waals surface area contributed by atoms with Crippen LogP contribution in [0, 0.1) is 0 Å². The molecule has 18 heavy (non-hydrogen) atoms. The highest BCUT2D eigenvalue weighted by atomic mass is 28.1. The smallest absolute Gasteiger partial charge is 0.412 e. The summed E-state index contributed by atoms with van der Waals surface area (Å²) in [4.78, 5) is 12.7. The number of methoxy groups -OCH3 is 3. The Morgan fingerprint density at radius 3 is 1.89 bits per heavy atom. The highest BCUT2D eigenvalue weighted by Crippen LogP contribution is 2.32. The average molecular weight is 279 g/mol. The van der Waals surface area contributed by atoms with Gasteiger partial charge >= 0.3 is 6.09 Å². The largest absolute Gasteiger partial charge is 0.465 e. The van der Waals surface area contributed by atoms with E-state index in [4.69, 9.17) is 14.2 Å². The molecular weight excluding hydrogens is 254 g/mol. The van der Waals surface area contributed by atoms with Crippen molar-refractivity contribution in [1.29, 1.82) is 0 Å². The second-order valence-corrected chi connectivity index (χ2v) is 5.78. The summed E-state index contributed by atoms with van der Waals surface area (Å²) in [7, 11) is 5.22. The second-order valence-electron chi connectivity index (χ2n) is 4.96. The van der Waals surface area contributed by atoms with Gasteiger partial charge in [-0.25, -0.2) is 9.69 Å². The van der Waals surface area contributed by atoms with E-state index < -0.39 is 23.6 Å². The second kappa shape index (κ2) is 6.51. The van der Waals surface area contributed by atoms with Gasteiger partial charge in [0.1, 0.15) is 6.10 Å². The van der Waals surface area contributed by atoms with Crippen LogP contribution in [0.25, 0.3) is 0 Å². The van der Waals surface area contributed by atoms with Crippen LogP contribution in [0.5, 0.6) is 0 Å². The molecule has 0 aromatic carbocycles. The molecule has 1 unspecified atom stereocenters. The lowest BCUT2D eigenvalue weighted by Crippen LogP contribution is -2.67. The van der Waals surface area contributed by atoms with Crippen molar-refractivity contribution in [3.8, 4) is 0 Å². The molecule has 0 aliphatic carbocycles. The summed E-state index contributed by atoms with van der Waals surface area (Å²) in [5, 5.41) is 9.47. The monoisotopic (exact) mass is 279 g/mol. The first kappa shape index (κ1) is 17.4. The highest BCUT2D eigenvalue weighted by Gasteiger charge is 2.52. The van der Waals surface area contributed by atoms with Gasteiger partial charge in [-0.3, -0.25) is 0 Å². The van der Waals surface area contributed by atoms with Crippen molar-refractivity contribution in [2.75, 3.05) is 21.3 Å². The van der Waals surface area contributed by atoms with Gasteiger partial charge in [0.15, 0.2) is 0 Å². The predicted molar refractivity (Wildman–Crippen MR) is 71.9 cm³/mol. The SMILES string of the molecule is COC(C[SiH3])C(OC)(OC)N(C(=O)O)C(C)(C)C. The molecule has 6 nitrogen and oxygen atoms in total. The standard InChI is InChI=1S/C11H25NO5Si/c1-10(2,3)12(9(13)14)11(16-5,17-6)8(7-18)15-4/h8H,7H2,1-6,18H3,(H,13,14). The van der Waals surface area contributed by atoms with Crippen LogP contribution in [0.3, 0.4) is 0 Å². The van der Waals surface area contributed by atoms with Gasteiger partial charge in [-0.05, 0) is 26.8 Å². The fourth-order valence-corrected chi connectivity index (χ4v) is 2.98. The van der Waals surface area contributed by atoms with Gasteiger partial charge in [-0.15, -0.1) is 0 Å². The van der Waals surface area contributed by atoms with Crippen molar-refractivity contribution in [1.82, 2.24) is 4.90 Å². The Bertz CT molecular complexity index is 271. The lowest BCUT2D eigenvalue weighted by Gasteiger charge is -2.49. The Morgan fingerprint density at radius 1 is 1.28 bits per heavy atom. The molecule has 0 saturated heterocycles. The summed E-state index contributed by atoms with van der Waals surface area (Å²) in [5.41, 5.74) is -0.675. The summed E-state index contributed by atoms with van der Waals surface area (Å²) in [6.07, 6.45) is -1.57. The van der Waals surface area contributed by atoms with E-state index in [1.54, 1.807) is 20.8 Å². The van der Waals surface area contributed by atoms with Crippen molar-refractivity contribution < 1.29 is 24.1 Å². The third-order valence-electron chi connectivity index (χ3n) is 2.82. The van der Waals surface area contributed by atoms with Crippen LogP contribution in [-0.4, -0.2) is 65.2 Å². The number of hydrogen-bond acceptors (Lipinski definition) is 4. The summed E-state index contributed by atoms with van der Waals surface area (Å²) >= 11 is 0. The van der Waals surface area contributed by atoms with E-state index >= 15 is 0 Å². The lowest BCUT2D eigenvalue weighted by atomic mass is 10.0. The Kier molecular flexibility index (Phi) is 6.28. The number of nitrogens with zero attached hydrogens (tertiary/aromatic N) is 1. The zero-order chi connectivity index (χ0) is 14.6. The van der Waals surface area contributed by atoms with Crippen LogP contribution in [0.1, 0.15) is 20.8 Å². The molecule has 0 radical (unpaired) electrons. The Labute approximate surface area is 112 Å². The first-order valence-electron chi connectivity index (χ1n) is 5.87. The molecule has 108 valence electrons. The van der Waals surface area contributed by atoms with Gasteiger partial charge in [0.2, 0.25) is 0 Å². The molecular formula is C11H25NO5Si. The van der Waals surface area contributed by atoms with Gasteiger partial charge in [0, 0.05) is 37.1 Å². The first-order chi connectivity index (χ1) is 8.21. The van der Waals surface area contributed by atoms with Crippen molar-refractivity contribution in [2.24, 2.45) is 0 Å². The molecule has 1 amide bonds. The van der Waals surface area contributed by atoms with Crippen LogP contribution < -0.4 is 0 Å². The average Bonchev–Trinajstić information content (AvgIpc) is 2.26. The van der Waals surface area contributed by atoms with Gasteiger partial charge in [0.05, 0.1) is 0 Å². The van der Waals surface area contributed by atoms with E-state index in [-0.39, 0.29) is 0 Å². The third kappa shape index (κ3) is 3.22. The molecule has 0 spiro atoms. The maximum atomic E-state index is 11.6. The fourth-order valence-electron chi connectivity index (χ4n) is 2.13. The van der Waals surface area contributed by atoms with Crippen LogP contribution >= 0.6 is 0 Å². The Balaban J connectivity index is 5.73. The number of rotatable bonds is 6. The normalized spacial score (nSPS) is 14.6. The molecule has 0 heterocycles. The van der Waals surface area contributed by atoms with Crippen LogP contribution in [0.15, 0.2) is 0 Å². The van der Waals surface area contributed by atoms with Crippen molar-refractivity contribution >= 4 is 16.3 Å². The molecule has 0 aromatic heterocycles. The predicted octanol–water partition coefficient (Wildman–Crippen LogP) is 0.510. The topological polar surface area (TPSA) is 68.2 Å². The number of carboxylic acid groups (broad SMARTS) is 1. The Morgan fingerprint density at radius 2 is 1.72 bits per heavy atom. The molecule has 1 atom stereocenters. The summed E-state index contributed by atoms with van der Waals surface area (Å²) in [5.74, 6) is -1.43. The van der Waals surface area contributed by atoms with E-state index in [1.165, 1.54) is 21.3 Å². The molecule has 0 bridgehead atoms. The molecule has 7 heteroatoms. The number of amides is 1. The van der Waals surface area contributed by atoms with E-state index in [2.05, 4.69) is 0 Å². The minimum Gasteiger partial charge on any atom is -0.465 e. The lowest BCUT2D eigenvalue weighted by molar-refractivity contribution is -0.338. The number of ether oxygens (including phenoxy) is 3. The maximum absolute atomic E-state index is 11.6. The van der Waals surface area contributed by atoms with E-state index in [9.17, 15) is 9.90 Å². The molecule has 1 N–H and O–H groups in total. The highest BCUT2D eigenvalue weighted by molar-refractivity contribution is 6.09. The van der Waals surface area contributed by atoms with Gasteiger partial charge in [-0.2, -0.15) is 0 Å². The fraction of sp³-hybridized carbons (Fsp3) is 0.909. The first-order valence-corrected chi connectivity index (χ1v) is 7.29. The van der Waals surface area contributed by atoms with Crippen LogP contribution in [-0.2, 0) is 14.2 Å². The summed E-state index contributed by atoms with van der Waals surface area (Å²) in [6, 6.07) is 0.693. The van der Waals surface area contributed by atoms with Gasteiger partial charge in [0.25, 0.3) is 5.91 Å².